The van der Waals surface area contributed by atoms with E-state index in [4.69, 9.17) is 0 Å². The minimum atomic E-state index is -0.169. The van der Waals surface area contributed by atoms with E-state index in [1.807, 2.05) is 0 Å². The van der Waals surface area contributed by atoms with E-state index in [0.29, 0.717) is 0 Å². The molecule has 0 saturated heterocycles. The van der Waals surface area contributed by atoms with E-state index < -0.39 is 0 Å². The summed E-state index contributed by atoms with van der Waals surface area (Å²) in [6.45, 7) is 0. The van der Waals surface area contributed by atoms with Gasteiger partial charge in [-0.25, -0.2) is 0 Å². The Morgan fingerprint density at radius 2 is 0.564 bits per heavy atom. The number of benzene rings is 4. The van der Waals surface area contributed by atoms with E-state index in [-0.39, 0.29) is 32.3 Å². The molecule has 0 aliphatic heterocycles. The Bertz CT molecular complexity index is 996. The molecule has 2 aliphatic carbocycles. The molecule has 2 fully saturated rings. The zero-order valence-corrected chi connectivity index (χ0v) is 25.8. The second kappa shape index (κ2) is 16.5. The SMILES string of the molecule is [Ni].c1ccc(P(c2ccccc2)C2CCCCC2)cc1.c1ccc(P(c2ccccc2)C2CCCCC2)cc1. The van der Waals surface area contributed by atoms with E-state index in [9.17, 15) is 0 Å². The Kier molecular flexibility index (Phi) is 12.8. The summed E-state index contributed by atoms with van der Waals surface area (Å²) in [6, 6.07) is 44.7. The van der Waals surface area contributed by atoms with E-state index in [1.165, 1.54) is 64.2 Å². The fourth-order valence-corrected chi connectivity index (χ4v) is 12.2. The Balaban J connectivity index is 0.000000176. The zero-order valence-electron chi connectivity index (χ0n) is 23.0. The van der Waals surface area contributed by atoms with Crippen LogP contribution in [0, 0.1) is 0 Å². The second-order valence-corrected chi connectivity index (χ2v) is 15.7. The first-order valence-corrected chi connectivity index (χ1v) is 17.5. The normalized spacial score (nSPS) is 16.3. The maximum Gasteiger partial charge on any atom is 0 e. The molecule has 0 heterocycles. The molecular formula is C36H42NiP2. The number of hydrogen-bond acceptors (Lipinski definition) is 0. The average molecular weight is 595 g/mol. The van der Waals surface area contributed by atoms with Crippen LogP contribution in [0.15, 0.2) is 121 Å². The van der Waals surface area contributed by atoms with Gasteiger partial charge in [0.1, 0.15) is 0 Å². The van der Waals surface area contributed by atoms with Gasteiger partial charge in [-0.2, -0.15) is 0 Å². The fourth-order valence-electron chi connectivity index (χ4n) is 6.17. The van der Waals surface area contributed by atoms with Gasteiger partial charge in [-0.3, -0.25) is 0 Å². The minimum Gasteiger partial charge on any atom is -0.0622 e. The van der Waals surface area contributed by atoms with Gasteiger partial charge in [0.15, 0.2) is 0 Å². The molecule has 0 atom stereocenters. The molecule has 0 bridgehead atoms. The first kappa shape index (κ1) is 30.2. The van der Waals surface area contributed by atoms with Gasteiger partial charge in [0.2, 0.25) is 0 Å². The maximum absolute atomic E-state index is 2.33. The van der Waals surface area contributed by atoms with Gasteiger partial charge in [0, 0.05) is 16.5 Å². The molecule has 0 amide bonds. The van der Waals surface area contributed by atoms with E-state index in [1.54, 1.807) is 21.2 Å². The van der Waals surface area contributed by atoms with Crippen molar-refractivity contribution < 1.29 is 16.5 Å². The molecule has 206 valence electrons. The van der Waals surface area contributed by atoms with Crippen molar-refractivity contribution >= 4 is 37.1 Å². The molecule has 2 aliphatic rings. The number of rotatable bonds is 6. The molecule has 0 N–H and O–H groups in total. The summed E-state index contributed by atoms with van der Waals surface area (Å²) in [7, 11) is -0.338. The van der Waals surface area contributed by atoms with E-state index in [0.717, 1.165) is 11.3 Å². The van der Waals surface area contributed by atoms with Crippen LogP contribution in [0.4, 0.5) is 0 Å². The van der Waals surface area contributed by atoms with Crippen molar-refractivity contribution in [2.24, 2.45) is 0 Å². The third kappa shape index (κ3) is 8.61. The average Bonchev–Trinajstić information content (AvgIpc) is 3.01. The van der Waals surface area contributed by atoms with Crippen LogP contribution in [0.2, 0.25) is 0 Å². The van der Waals surface area contributed by atoms with Crippen LogP contribution in [0.3, 0.4) is 0 Å². The Labute approximate surface area is 249 Å². The third-order valence-corrected chi connectivity index (χ3v) is 13.9. The molecular weight excluding hydrogens is 553 g/mol. The van der Waals surface area contributed by atoms with Crippen molar-refractivity contribution in [2.45, 2.75) is 75.5 Å². The first-order valence-electron chi connectivity index (χ1n) is 14.7. The van der Waals surface area contributed by atoms with Gasteiger partial charge >= 0.3 is 0 Å². The van der Waals surface area contributed by atoms with Crippen molar-refractivity contribution in [1.82, 2.24) is 0 Å². The summed E-state index contributed by atoms with van der Waals surface area (Å²) in [4.78, 5) is 0. The Morgan fingerprint density at radius 3 is 0.795 bits per heavy atom. The fraction of sp³-hybridized carbons (Fsp3) is 0.333. The molecule has 2 saturated carbocycles. The van der Waals surface area contributed by atoms with Crippen LogP contribution in [0.5, 0.6) is 0 Å². The van der Waals surface area contributed by atoms with Crippen molar-refractivity contribution in [3.05, 3.63) is 121 Å². The van der Waals surface area contributed by atoms with Crippen molar-refractivity contribution in [3.63, 3.8) is 0 Å². The minimum absolute atomic E-state index is 0. The molecule has 0 nitrogen and oxygen atoms in total. The molecule has 0 spiro atoms. The Hall–Kier alpha value is -1.77. The van der Waals surface area contributed by atoms with E-state index in [2.05, 4.69) is 121 Å². The summed E-state index contributed by atoms with van der Waals surface area (Å²) in [5, 5.41) is 6.21. The predicted octanol–water partition coefficient (Wildman–Crippen LogP) is 8.90. The summed E-state index contributed by atoms with van der Waals surface area (Å²) >= 11 is 0. The van der Waals surface area contributed by atoms with Gasteiger partial charge in [-0.1, -0.05) is 160 Å². The third-order valence-electron chi connectivity index (χ3n) is 8.02. The van der Waals surface area contributed by atoms with Crippen LogP contribution in [-0.2, 0) is 16.5 Å². The molecule has 4 aromatic rings. The molecule has 0 unspecified atom stereocenters. The van der Waals surface area contributed by atoms with Crippen LogP contribution < -0.4 is 21.2 Å². The van der Waals surface area contributed by atoms with Crippen LogP contribution >= 0.6 is 15.8 Å². The summed E-state index contributed by atoms with van der Waals surface area (Å²) in [5.41, 5.74) is 1.77. The van der Waals surface area contributed by atoms with Gasteiger partial charge in [-0.15, -0.1) is 0 Å². The molecule has 6 rings (SSSR count). The quantitative estimate of drug-likeness (QED) is 0.154. The Morgan fingerprint density at radius 1 is 0.333 bits per heavy atom. The van der Waals surface area contributed by atoms with Crippen molar-refractivity contribution in [1.29, 1.82) is 0 Å². The maximum atomic E-state index is 2.33. The van der Waals surface area contributed by atoms with Crippen molar-refractivity contribution in [3.8, 4) is 0 Å². The van der Waals surface area contributed by atoms with Crippen molar-refractivity contribution in [2.75, 3.05) is 0 Å². The summed E-state index contributed by atoms with van der Waals surface area (Å²) in [6.07, 6.45) is 14.2. The second-order valence-electron chi connectivity index (χ2n) is 10.7. The topological polar surface area (TPSA) is 0 Å². The van der Waals surface area contributed by atoms with E-state index >= 15 is 0 Å². The predicted molar refractivity (Wildman–Crippen MR) is 172 cm³/mol. The summed E-state index contributed by atoms with van der Waals surface area (Å²) < 4.78 is 0. The van der Waals surface area contributed by atoms with Crippen LogP contribution in [0.1, 0.15) is 64.2 Å². The largest absolute Gasteiger partial charge is 0.0622 e. The number of hydrogen-bond donors (Lipinski definition) is 0. The van der Waals surface area contributed by atoms with Crippen LogP contribution in [-0.4, -0.2) is 11.3 Å². The zero-order chi connectivity index (χ0) is 25.8. The summed E-state index contributed by atoms with van der Waals surface area (Å²) in [5.74, 6) is 0. The van der Waals surface area contributed by atoms with Gasteiger partial charge in [-0.05, 0) is 74.1 Å². The van der Waals surface area contributed by atoms with Gasteiger partial charge in [0.05, 0.1) is 0 Å². The molecule has 3 heteroatoms. The van der Waals surface area contributed by atoms with Crippen LogP contribution in [0.25, 0.3) is 0 Å². The monoisotopic (exact) mass is 594 g/mol. The molecule has 4 aromatic carbocycles. The molecule has 0 radical (unpaired) electrons. The molecule has 0 aromatic heterocycles. The van der Waals surface area contributed by atoms with Gasteiger partial charge < -0.3 is 0 Å². The van der Waals surface area contributed by atoms with Gasteiger partial charge in [0.25, 0.3) is 0 Å². The molecule has 39 heavy (non-hydrogen) atoms. The standard InChI is InChI=1S/2C18H21P.Ni/c2*1-4-10-16(11-5-1)19(17-12-6-2-7-13-17)18-14-8-3-9-15-18;/h2*1-2,4-7,10-13,18H,3,8-9,14-15H2;. The smallest absolute Gasteiger partial charge is 0 e. The first-order chi connectivity index (χ1) is 18.9.